The van der Waals surface area contributed by atoms with E-state index in [1.165, 1.54) is 52.7 Å². The van der Waals surface area contributed by atoms with Crippen molar-refractivity contribution in [3.63, 3.8) is 0 Å². The van der Waals surface area contributed by atoms with Crippen LogP contribution in [0.5, 0.6) is 0 Å². The van der Waals surface area contributed by atoms with E-state index >= 15 is 0 Å². The van der Waals surface area contributed by atoms with Crippen LogP contribution in [0.3, 0.4) is 0 Å². The topological polar surface area (TPSA) is 52.6 Å². The maximum atomic E-state index is 11.5. The molecule has 0 aromatic rings. The molecule has 0 aliphatic rings. The minimum Gasteiger partial charge on any atom is -0.468 e. The summed E-state index contributed by atoms with van der Waals surface area (Å²) in [7, 11) is 2.59. The summed E-state index contributed by atoms with van der Waals surface area (Å²) in [5, 5.41) is 0. The van der Waals surface area contributed by atoms with Crippen LogP contribution >= 0.6 is 0 Å². The summed E-state index contributed by atoms with van der Waals surface area (Å²) in [4.78, 5) is 23.1. The molecule has 0 N–H and O–H groups in total. The number of hydrogen-bond acceptors (Lipinski definition) is 4. The normalized spacial score (nSPS) is 10.2. The Hall–Kier alpha value is -1.50. The Kier molecular flexibility index (Phi) is 16.3. The Morgan fingerprint density at radius 3 is 1.64 bits per heavy atom. The van der Waals surface area contributed by atoms with Gasteiger partial charge in [-0.25, -0.2) is 0 Å². The molecule has 0 aliphatic heterocycles. The Morgan fingerprint density at radius 2 is 1.16 bits per heavy atom. The Labute approximate surface area is 154 Å². The van der Waals surface area contributed by atoms with Gasteiger partial charge in [0.25, 0.3) is 0 Å². The van der Waals surface area contributed by atoms with Gasteiger partial charge in [-0.2, -0.15) is 0 Å². The van der Waals surface area contributed by atoms with Crippen LogP contribution in [-0.2, 0) is 19.1 Å². The zero-order valence-corrected chi connectivity index (χ0v) is 16.4. The van der Waals surface area contributed by atoms with E-state index in [0.29, 0.717) is 6.42 Å². The molecule has 4 nitrogen and oxygen atoms in total. The van der Waals surface area contributed by atoms with Crippen LogP contribution in [0.25, 0.3) is 0 Å². The lowest BCUT2D eigenvalue weighted by molar-refractivity contribution is -0.159. The van der Waals surface area contributed by atoms with Gasteiger partial charge in [-0.1, -0.05) is 58.3 Å². The average molecular weight is 353 g/mol. The van der Waals surface area contributed by atoms with Gasteiger partial charge in [0.2, 0.25) is 0 Å². The van der Waals surface area contributed by atoms with Crippen molar-refractivity contribution in [2.24, 2.45) is 5.92 Å². The van der Waals surface area contributed by atoms with Gasteiger partial charge in [0.1, 0.15) is 0 Å². The summed E-state index contributed by atoms with van der Waals surface area (Å²) in [6.07, 6.45) is 14.3. The number of carbonyl (C=O) groups is 2. The summed E-state index contributed by atoms with van der Waals surface area (Å²) < 4.78 is 9.29. The third-order valence-corrected chi connectivity index (χ3v) is 4.30. The highest BCUT2D eigenvalue weighted by Crippen LogP contribution is 2.14. The first-order valence-electron chi connectivity index (χ1n) is 9.78. The number of ether oxygens (including phenoxy) is 2. The second-order valence-electron chi connectivity index (χ2n) is 6.42. The Balaban J connectivity index is 3.59. The molecule has 0 atom stereocenters. The number of methoxy groups -OCH3 is 2. The quantitative estimate of drug-likeness (QED) is 0.190. The monoisotopic (exact) mass is 352 g/mol. The zero-order chi connectivity index (χ0) is 18.8. The second kappa shape index (κ2) is 17.3. The molecule has 144 valence electrons. The third-order valence-electron chi connectivity index (χ3n) is 4.30. The highest BCUT2D eigenvalue weighted by Gasteiger charge is 2.27. The van der Waals surface area contributed by atoms with Gasteiger partial charge in [0.05, 0.1) is 14.2 Å². The number of hydrogen-bond donors (Lipinski definition) is 0. The third kappa shape index (κ3) is 13.5. The van der Waals surface area contributed by atoms with Crippen LogP contribution in [0.15, 0.2) is 0 Å². The van der Waals surface area contributed by atoms with Crippen molar-refractivity contribution < 1.29 is 19.1 Å². The molecule has 0 unspecified atom stereocenters. The standard InChI is InChI=1S/C21H36O4/c1-4-5-6-7-8-9-10-11-12-13-14-15-16-17-18-19(20(22)24-2)21(23)25-3/h19H,4-10,13-18H2,1-3H3. The van der Waals surface area contributed by atoms with E-state index in [2.05, 4.69) is 28.2 Å². The fraction of sp³-hybridized carbons (Fsp3) is 0.810. The minimum atomic E-state index is -0.785. The molecule has 0 spiro atoms. The predicted octanol–water partition coefficient (Wildman–Crippen LogP) is 5.04. The van der Waals surface area contributed by atoms with Crippen LogP contribution in [0.2, 0.25) is 0 Å². The van der Waals surface area contributed by atoms with Crippen molar-refractivity contribution in [2.45, 2.75) is 90.4 Å². The highest BCUT2D eigenvalue weighted by molar-refractivity contribution is 5.94. The minimum absolute atomic E-state index is 0.489. The molecule has 0 aromatic heterocycles. The Morgan fingerprint density at radius 1 is 0.720 bits per heavy atom. The second-order valence-corrected chi connectivity index (χ2v) is 6.42. The first kappa shape index (κ1) is 23.5. The average Bonchev–Trinajstić information content (AvgIpc) is 2.63. The molecule has 0 aromatic carbocycles. The number of rotatable bonds is 14. The SMILES string of the molecule is CCCCCCCCC#CCCCCCCC(C(=O)OC)C(=O)OC. The molecule has 0 heterocycles. The molecule has 0 aliphatic carbocycles. The van der Waals surface area contributed by atoms with Crippen LogP contribution in [0, 0.1) is 17.8 Å². The van der Waals surface area contributed by atoms with E-state index in [1.54, 1.807) is 0 Å². The van der Waals surface area contributed by atoms with E-state index < -0.39 is 17.9 Å². The largest absolute Gasteiger partial charge is 0.468 e. The van der Waals surface area contributed by atoms with Crippen molar-refractivity contribution in [3.8, 4) is 11.8 Å². The smallest absolute Gasteiger partial charge is 0.320 e. The van der Waals surface area contributed by atoms with E-state index in [4.69, 9.17) is 0 Å². The first-order chi connectivity index (χ1) is 12.2. The van der Waals surface area contributed by atoms with E-state index in [9.17, 15) is 9.59 Å². The van der Waals surface area contributed by atoms with E-state index in [0.717, 1.165) is 38.5 Å². The van der Waals surface area contributed by atoms with Gasteiger partial charge < -0.3 is 9.47 Å². The fourth-order valence-corrected chi connectivity index (χ4v) is 2.70. The van der Waals surface area contributed by atoms with Crippen molar-refractivity contribution >= 4 is 11.9 Å². The number of esters is 2. The van der Waals surface area contributed by atoms with Gasteiger partial charge in [-0.15, -0.1) is 11.8 Å². The molecule has 0 rings (SSSR count). The summed E-state index contributed by atoms with van der Waals surface area (Å²) in [6.45, 7) is 2.24. The molecule has 0 amide bonds. The molecular weight excluding hydrogens is 316 g/mol. The summed E-state index contributed by atoms with van der Waals surface area (Å²) in [5.41, 5.74) is 0. The summed E-state index contributed by atoms with van der Waals surface area (Å²) in [6, 6.07) is 0. The van der Waals surface area contributed by atoms with Crippen LogP contribution in [0.4, 0.5) is 0 Å². The van der Waals surface area contributed by atoms with Crippen molar-refractivity contribution in [1.29, 1.82) is 0 Å². The van der Waals surface area contributed by atoms with Crippen LogP contribution < -0.4 is 0 Å². The van der Waals surface area contributed by atoms with Crippen LogP contribution in [-0.4, -0.2) is 26.2 Å². The van der Waals surface area contributed by atoms with Gasteiger partial charge in [-0.3, -0.25) is 9.59 Å². The number of carbonyl (C=O) groups excluding carboxylic acids is 2. The van der Waals surface area contributed by atoms with Gasteiger partial charge in [0, 0.05) is 12.8 Å². The van der Waals surface area contributed by atoms with Gasteiger partial charge in [0.15, 0.2) is 5.92 Å². The van der Waals surface area contributed by atoms with E-state index in [-0.39, 0.29) is 0 Å². The molecule has 0 saturated carbocycles. The van der Waals surface area contributed by atoms with Gasteiger partial charge >= 0.3 is 11.9 Å². The number of unbranched alkanes of at least 4 members (excludes halogenated alkanes) is 10. The zero-order valence-electron chi connectivity index (χ0n) is 16.4. The van der Waals surface area contributed by atoms with Crippen molar-refractivity contribution in [1.82, 2.24) is 0 Å². The lowest BCUT2D eigenvalue weighted by Gasteiger charge is -2.11. The summed E-state index contributed by atoms with van der Waals surface area (Å²) in [5.74, 6) is 4.70. The maximum absolute atomic E-state index is 11.5. The molecule has 4 heteroatoms. The summed E-state index contributed by atoms with van der Waals surface area (Å²) >= 11 is 0. The molecule has 25 heavy (non-hydrogen) atoms. The van der Waals surface area contributed by atoms with Crippen molar-refractivity contribution in [2.75, 3.05) is 14.2 Å². The molecule has 0 bridgehead atoms. The van der Waals surface area contributed by atoms with Crippen molar-refractivity contribution in [3.05, 3.63) is 0 Å². The first-order valence-corrected chi connectivity index (χ1v) is 9.78. The molecule has 0 radical (unpaired) electrons. The Bertz CT molecular complexity index is 390. The fourth-order valence-electron chi connectivity index (χ4n) is 2.70. The lowest BCUT2D eigenvalue weighted by atomic mass is 10.0. The van der Waals surface area contributed by atoms with Gasteiger partial charge in [-0.05, 0) is 19.3 Å². The lowest BCUT2D eigenvalue weighted by Crippen LogP contribution is -2.26. The molecule has 0 fully saturated rings. The maximum Gasteiger partial charge on any atom is 0.320 e. The molecule has 0 saturated heterocycles. The van der Waals surface area contributed by atoms with Crippen LogP contribution in [0.1, 0.15) is 90.4 Å². The predicted molar refractivity (Wildman–Crippen MR) is 101 cm³/mol. The highest BCUT2D eigenvalue weighted by atomic mass is 16.5. The van der Waals surface area contributed by atoms with E-state index in [1.807, 2.05) is 0 Å². The molecular formula is C21H36O4.